The van der Waals surface area contributed by atoms with Crippen molar-refractivity contribution in [2.24, 2.45) is 10.7 Å². The number of H-pyrrole nitrogens is 1. The molecular formula is C12H13N5OS. The van der Waals surface area contributed by atoms with Crippen molar-refractivity contribution < 1.29 is 4.74 Å². The number of ether oxygens (including phenoxy) is 1. The fraction of sp³-hybridized carbons (Fsp3) is 0.167. The summed E-state index contributed by atoms with van der Waals surface area (Å²) in [4.78, 5) is 7.50. The highest BCUT2D eigenvalue weighted by Crippen LogP contribution is 2.28. The van der Waals surface area contributed by atoms with Crippen LogP contribution in [0.1, 0.15) is 11.7 Å². The average Bonchev–Trinajstić information content (AvgIpc) is 2.80. The SMILES string of the molecule is COc1ccc2[nH]cc([C@@H]3N=C(N)NC(=S)N3)c2c1. The highest BCUT2D eigenvalue weighted by atomic mass is 32.1. The summed E-state index contributed by atoms with van der Waals surface area (Å²) < 4.78 is 5.24. The van der Waals surface area contributed by atoms with Gasteiger partial charge in [0.15, 0.2) is 17.2 Å². The van der Waals surface area contributed by atoms with Crippen molar-refractivity contribution >= 4 is 34.2 Å². The second-order valence-electron chi connectivity index (χ2n) is 4.17. The molecule has 2 aromatic rings. The standard InChI is InChI=1S/C12H13N5OS/c1-18-6-2-3-9-7(4-6)8(5-14-9)10-15-11(13)17-12(19)16-10/h2-5,10,14H,1H3,(H4,13,15,16,17,19)/t10-/m1/s1. The molecule has 0 aliphatic carbocycles. The summed E-state index contributed by atoms with van der Waals surface area (Å²) in [6.45, 7) is 0. The van der Waals surface area contributed by atoms with Crippen LogP contribution in [-0.4, -0.2) is 23.2 Å². The van der Waals surface area contributed by atoms with E-state index in [0.29, 0.717) is 11.1 Å². The Kier molecular flexibility index (Phi) is 2.75. The second-order valence-corrected chi connectivity index (χ2v) is 4.58. The maximum absolute atomic E-state index is 5.70. The molecular weight excluding hydrogens is 262 g/mol. The Morgan fingerprint density at radius 3 is 3.00 bits per heavy atom. The third-order valence-electron chi connectivity index (χ3n) is 2.99. The molecule has 3 rings (SSSR count). The van der Waals surface area contributed by atoms with Crippen LogP contribution in [0.3, 0.4) is 0 Å². The number of aromatic nitrogens is 1. The first kappa shape index (κ1) is 11.8. The normalized spacial score (nSPS) is 18.7. The van der Waals surface area contributed by atoms with Crippen LogP contribution < -0.4 is 21.1 Å². The van der Waals surface area contributed by atoms with Gasteiger partial charge in [0, 0.05) is 22.7 Å². The molecule has 19 heavy (non-hydrogen) atoms. The summed E-state index contributed by atoms with van der Waals surface area (Å²) >= 11 is 5.09. The predicted molar refractivity (Wildman–Crippen MR) is 78.1 cm³/mol. The minimum atomic E-state index is -0.297. The van der Waals surface area contributed by atoms with Gasteiger partial charge in [0.05, 0.1) is 7.11 Å². The predicted octanol–water partition coefficient (Wildman–Crippen LogP) is 0.967. The highest BCUT2D eigenvalue weighted by Gasteiger charge is 2.20. The largest absolute Gasteiger partial charge is 0.497 e. The van der Waals surface area contributed by atoms with Crippen molar-refractivity contribution in [1.82, 2.24) is 15.6 Å². The quantitative estimate of drug-likeness (QED) is 0.613. The Balaban J connectivity index is 2.09. The molecule has 2 heterocycles. The second kappa shape index (κ2) is 4.43. The van der Waals surface area contributed by atoms with Gasteiger partial charge in [0.2, 0.25) is 0 Å². The Morgan fingerprint density at radius 1 is 1.42 bits per heavy atom. The van der Waals surface area contributed by atoms with E-state index in [-0.39, 0.29) is 6.17 Å². The maximum Gasteiger partial charge on any atom is 0.197 e. The van der Waals surface area contributed by atoms with Gasteiger partial charge >= 0.3 is 0 Å². The molecule has 5 N–H and O–H groups in total. The van der Waals surface area contributed by atoms with Gasteiger partial charge in [-0.15, -0.1) is 0 Å². The van der Waals surface area contributed by atoms with Crippen LogP contribution in [0.25, 0.3) is 10.9 Å². The lowest BCUT2D eigenvalue weighted by atomic mass is 10.1. The number of hydrogen-bond acceptors (Lipinski definition) is 4. The minimum Gasteiger partial charge on any atom is -0.497 e. The summed E-state index contributed by atoms with van der Waals surface area (Å²) in [7, 11) is 1.64. The summed E-state index contributed by atoms with van der Waals surface area (Å²) in [5, 5.41) is 7.32. The molecule has 98 valence electrons. The maximum atomic E-state index is 5.70. The number of aliphatic imine (C=N–C) groups is 1. The first-order chi connectivity index (χ1) is 9.17. The summed E-state index contributed by atoms with van der Waals surface area (Å²) in [6.07, 6.45) is 1.60. The van der Waals surface area contributed by atoms with Gasteiger partial charge < -0.3 is 26.1 Å². The van der Waals surface area contributed by atoms with Crippen LogP contribution in [0.4, 0.5) is 0 Å². The number of nitrogens with zero attached hydrogens (tertiary/aromatic N) is 1. The van der Waals surface area contributed by atoms with Gasteiger partial charge in [-0.2, -0.15) is 0 Å². The molecule has 6 nitrogen and oxygen atoms in total. The van der Waals surface area contributed by atoms with Crippen LogP contribution in [0.2, 0.25) is 0 Å². The Hall–Kier alpha value is -2.28. The van der Waals surface area contributed by atoms with Crippen molar-refractivity contribution in [2.75, 3.05) is 7.11 Å². The van der Waals surface area contributed by atoms with E-state index < -0.39 is 0 Å². The lowest BCUT2D eigenvalue weighted by Crippen LogP contribution is -2.49. The molecule has 1 aliphatic rings. The number of hydrogen-bond donors (Lipinski definition) is 4. The number of thiocarbonyl (C=S) groups is 1. The van der Waals surface area contributed by atoms with Crippen molar-refractivity contribution in [1.29, 1.82) is 0 Å². The summed E-state index contributed by atoms with van der Waals surface area (Å²) in [5.74, 6) is 1.10. The molecule has 1 atom stereocenters. The Labute approximate surface area is 115 Å². The first-order valence-electron chi connectivity index (χ1n) is 5.73. The van der Waals surface area contributed by atoms with E-state index >= 15 is 0 Å². The smallest absolute Gasteiger partial charge is 0.197 e. The van der Waals surface area contributed by atoms with E-state index in [2.05, 4.69) is 20.6 Å². The molecule has 1 aromatic heterocycles. The van der Waals surface area contributed by atoms with Crippen molar-refractivity contribution in [3.8, 4) is 5.75 Å². The van der Waals surface area contributed by atoms with Crippen molar-refractivity contribution in [3.63, 3.8) is 0 Å². The van der Waals surface area contributed by atoms with E-state index in [9.17, 15) is 0 Å². The zero-order valence-corrected chi connectivity index (χ0v) is 11.0. The topological polar surface area (TPSA) is 87.5 Å². The van der Waals surface area contributed by atoms with E-state index in [1.54, 1.807) is 7.11 Å². The number of nitrogens with two attached hydrogens (primary N) is 1. The molecule has 0 amide bonds. The van der Waals surface area contributed by atoms with E-state index in [0.717, 1.165) is 22.2 Å². The summed E-state index contributed by atoms with van der Waals surface area (Å²) in [6, 6.07) is 5.82. The number of benzene rings is 1. The van der Waals surface area contributed by atoms with Gasteiger partial charge in [-0.25, -0.2) is 4.99 Å². The molecule has 0 saturated heterocycles. The lowest BCUT2D eigenvalue weighted by Gasteiger charge is -2.22. The van der Waals surface area contributed by atoms with E-state index in [1.807, 2.05) is 24.4 Å². The zero-order valence-electron chi connectivity index (χ0n) is 10.2. The minimum absolute atomic E-state index is 0.297. The number of rotatable bonds is 2. The highest BCUT2D eigenvalue weighted by molar-refractivity contribution is 7.80. The van der Waals surface area contributed by atoms with E-state index in [4.69, 9.17) is 22.7 Å². The fourth-order valence-electron chi connectivity index (χ4n) is 2.10. The molecule has 0 saturated carbocycles. The number of guanidine groups is 1. The molecule has 7 heteroatoms. The van der Waals surface area contributed by atoms with Crippen molar-refractivity contribution in [2.45, 2.75) is 6.17 Å². The molecule has 1 aromatic carbocycles. The van der Waals surface area contributed by atoms with Crippen LogP contribution >= 0.6 is 12.2 Å². The fourth-order valence-corrected chi connectivity index (χ4v) is 2.32. The Bertz CT molecular complexity index is 678. The summed E-state index contributed by atoms with van der Waals surface area (Å²) in [5.41, 5.74) is 7.68. The molecule has 0 bridgehead atoms. The van der Waals surface area contributed by atoms with Gasteiger partial charge in [-0.1, -0.05) is 0 Å². The molecule has 0 fully saturated rings. The lowest BCUT2D eigenvalue weighted by molar-refractivity contribution is 0.415. The zero-order chi connectivity index (χ0) is 13.4. The third-order valence-corrected chi connectivity index (χ3v) is 3.21. The molecule has 0 radical (unpaired) electrons. The van der Waals surface area contributed by atoms with Gasteiger partial charge in [-0.05, 0) is 30.4 Å². The molecule has 1 aliphatic heterocycles. The average molecular weight is 275 g/mol. The van der Waals surface area contributed by atoms with Crippen LogP contribution in [0.5, 0.6) is 5.75 Å². The number of nitrogens with one attached hydrogen (secondary N) is 3. The molecule has 0 spiro atoms. The van der Waals surface area contributed by atoms with Gasteiger partial charge in [-0.3, -0.25) is 0 Å². The first-order valence-corrected chi connectivity index (χ1v) is 6.14. The van der Waals surface area contributed by atoms with Crippen LogP contribution in [-0.2, 0) is 0 Å². The molecule has 0 unspecified atom stereocenters. The van der Waals surface area contributed by atoms with Gasteiger partial charge in [0.1, 0.15) is 5.75 Å². The van der Waals surface area contributed by atoms with E-state index in [1.165, 1.54) is 0 Å². The van der Waals surface area contributed by atoms with Crippen LogP contribution in [0.15, 0.2) is 29.4 Å². The van der Waals surface area contributed by atoms with Gasteiger partial charge in [0.25, 0.3) is 0 Å². The Morgan fingerprint density at radius 2 is 2.26 bits per heavy atom. The number of aromatic amines is 1. The third kappa shape index (κ3) is 2.08. The van der Waals surface area contributed by atoms with Crippen LogP contribution in [0, 0.1) is 0 Å². The van der Waals surface area contributed by atoms with Crippen molar-refractivity contribution in [3.05, 3.63) is 30.0 Å². The monoisotopic (exact) mass is 275 g/mol. The number of methoxy groups -OCH3 is 1. The number of fused-ring (bicyclic) bond motifs is 1.